The van der Waals surface area contributed by atoms with E-state index in [0.29, 0.717) is 0 Å². The van der Waals surface area contributed by atoms with Crippen molar-refractivity contribution in [1.82, 2.24) is 4.90 Å². The molecular weight excluding hydrogens is 390 g/mol. The minimum Gasteiger partial charge on any atom is -0.365 e. The van der Waals surface area contributed by atoms with Crippen LogP contribution in [0.3, 0.4) is 0 Å². The van der Waals surface area contributed by atoms with Crippen LogP contribution in [-0.4, -0.2) is 24.5 Å². The number of hydrogen-bond donors (Lipinski definition) is 0. The average molecular weight is 422 g/mol. The molecule has 1 spiro atoms. The van der Waals surface area contributed by atoms with Gasteiger partial charge in [-0.05, 0) is 71.1 Å². The topological polar surface area (TPSA) is 12.5 Å². The van der Waals surface area contributed by atoms with Crippen LogP contribution in [0.15, 0.2) is 78.9 Å². The Morgan fingerprint density at radius 3 is 2.03 bits per heavy atom. The molecule has 0 bridgehead atoms. The first-order valence-corrected chi connectivity index (χ1v) is 12.1. The second-order valence-corrected chi connectivity index (χ2v) is 9.50. The summed E-state index contributed by atoms with van der Waals surface area (Å²) >= 11 is 0. The molecule has 1 saturated heterocycles. The molecule has 0 unspecified atom stereocenters. The summed E-state index contributed by atoms with van der Waals surface area (Å²) in [6.45, 7) is 4.13. The van der Waals surface area contributed by atoms with Crippen LogP contribution < -0.4 is 0 Å². The highest BCUT2D eigenvalue weighted by Gasteiger charge is 2.42. The van der Waals surface area contributed by atoms with Crippen LogP contribution in [-0.2, 0) is 29.8 Å². The van der Waals surface area contributed by atoms with Crippen LogP contribution in [0.1, 0.15) is 52.6 Å². The monoisotopic (exact) mass is 421 g/mol. The summed E-state index contributed by atoms with van der Waals surface area (Å²) in [5, 5.41) is 0. The van der Waals surface area contributed by atoms with Crippen LogP contribution in [0.5, 0.6) is 0 Å². The maximum Gasteiger partial charge on any atom is 0.0963 e. The minimum atomic E-state index is -0.0370. The summed E-state index contributed by atoms with van der Waals surface area (Å²) in [6, 6.07) is 26.8. The van der Waals surface area contributed by atoms with Crippen molar-refractivity contribution in [1.29, 1.82) is 0 Å². The van der Waals surface area contributed by atoms with Crippen LogP contribution in [0.2, 0.25) is 0 Å². The third-order valence-electron chi connectivity index (χ3n) is 7.75. The lowest BCUT2D eigenvalue weighted by atomic mass is 9.84. The number of ether oxygens (including phenoxy) is 1. The maximum atomic E-state index is 6.35. The van der Waals surface area contributed by atoms with Gasteiger partial charge in [-0.25, -0.2) is 0 Å². The van der Waals surface area contributed by atoms with E-state index in [9.17, 15) is 0 Å². The van der Waals surface area contributed by atoms with Gasteiger partial charge in [0.15, 0.2) is 0 Å². The molecule has 0 saturated carbocycles. The highest BCUT2D eigenvalue weighted by Crippen LogP contribution is 2.44. The number of benzene rings is 3. The van der Waals surface area contributed by atoms with Gasteiger partial charge in [-0.15, -0.1) is 0 Å². The summed E-state index contributed by atoms with van der Waals surface area (Å²) < 4.78 is 6.35. The zero-order valence-corrected chi connectivity index (χ0v) is 18.7. The summed E-state index contributed by atoms with van der Waals surface area (Å²) in [6.07, 6.45) is 8.04. The Kier molecular flexibility index (Phi) is 5.21. The Hall–Kier alpha value is -2.68. The molecule has 2 aliphatic heterocycles. The molecule has 2 heterocycles. The highest BCUT2D eigenvalue weighted by molar-refractivity contribution is 5.83. The molecule has 0 radical (unpaired) electrons. The van der Waals surface area contributed by atoms with Gasteiger partial charge in [-0.1, -0.05) is 78.9 Å². The Morgan fingerprint density at radius 2 is 1.34 bits per heavy atom. The molecule has 0 aromatic heterocycles. The molecule has 3 aliphatic rings. The van der Waals surface area contributed by atoms with E-state index in [1.807, 2.05) is 0 Å². The predicted octanol–water partition coefficient (Wildman–Crippen LogP) is 6.13. The van der Waals surface area contributed by atoms with Gasteiger partial charge < -0.3 is 9.64 Å². The molecule has 1 aliphatic carbocycles. The quantitative estimate of drug-likeness (QED) is 0.504. The number of hydrogen-bond acceptors (Lipinski definition) is 2. The Labute approximate surface area is 191 Å². The van der Waals surface area contributed by atoms with Gasteiger partial charge in [-0.2, -0.15) is 0 Å². The van der Waals surface area contributed by atoms with Crippen LogP contribution >= 0.6 is 0 Å². The van der Waals surface area contributed by atoms with Crippen LogP contribution in [0.4, 0.5) is 0 Å². The SMILES string of the molecule is C(CCN1CCC2(CC1)OCc1ccccc12)=C1c2ccccc2CCc2ccccc21. The Morgan fingerprint density at radius 1 is 0.750 bits per heavy atom. The normalized spacial score (nSPS) is 19.2. The first-order chi connectivity index (χ1) is 15.8. The molecule has 32 heavy (non-hydrogen) atoms. The summed E-state index contributed by atoms with van der Waals surface area (Å²) in [7, 11) is 0. The van der Waals surface area contributed by atoms with Crippen molar-refractivity contribution in [2.24, 2.45) is 0 Å². The lowest BCUT2D eigenvalue weighted by Crippen LogP contribution is -2.42. The lowest BCUT2D eigenvalue weighted by molar-refractivity contribution is -0.0785. The van der Waals surface area contributed by atoms with E-state index < -0.39 is 0 Å². The predicted molar refractivity (Wildman–Crippen MR) is 131 cm³/mol. The molecule has 6 rings (SSSR count). The van der Waals surface area contributed by atoms with E-state index in [2.05, 4.69) is 83.8 Å². The van der Waals surface area contributed by atoms with Gasteiger partial charge in [0.25, 0.3) is 0 Å². The number of aryl methyl sites for hydroxylation is 2. The second-order valence-electron chi connectivity index (χ2n) is 9.50. The second kappa shape index (κ2) is 8.35. The van der Waals surface area contributed by atoms with Crippen molar-refractivity contribution < 1.29 is 4.74 Å². The van der Waals surface area contributed by atoms with Crippen LogP contribution in [0.25, 0.3) is 5.57 Å². The molecule has 3 aromatic rings. The Bertz CT molecular complexity index is 1100. The molecule has 1 fully saturated rings. The molecule has 0 amide bonds. The van der Waals surface area contributed by atoms with Gasteiger partial charge in [-0.3, -0.25) is 0 Å². The fourth-order valence-corrected chi connectivity index (χ4v) is 5.96. The maximum absolute atomic E-state index is 6.35. The van der Waals surface area contributed by atoms with Gasteiger partial charge in [0, 0.05) is 19.6 Å². The number of piperidine rings is 1. The summed E-state index contributed by atoms with van der Waals surface area (Å²) in [4.78, 5) is 2.63. The zero-order chi connectivity index (χ0) is 21.4. The minimum absolute atomic E-state index is 0.0370. The van der Waals surface area contributed by atoms with Crippen molar-refractivity contribution in [3.63, 3.8) is 0 Å². The molecule has 2 heteroatoms. The van der Waals surface area contributed by atoms with Crippen molar-refractivity contribution in [2.75, 3.05) is 19.6 Å². The van der Waals surface area contributed by atoms with Gasteiger partial charge >= 0.3 is 0 Å². The van der Waals surface area contributed by atoms with Gasteiger partial charge in [0.2, 0.25) is 0 Å². The van der Waals surface area contributed by atoms with Crippen LogP contribution in [0, 0.1) is 0 Å². The third kappa shape index (κ3) is 3.52. The number of rotatable bonds is 3. The number of likely N-dealkylation sites (tertiary alicyclic amines) is 1. The van der Waals surface area contributed by atoms with Gasteiger partial charge in [0.05, 0.1) is 12.2 Å². The van der Waals surface area contributed by atoms with E-state index >= 15 is 0 Å². The largest absolute Gasteiger partial charge is 0.365 e. The number of fused-ring (bicyclic) bond motifs is 4. The van der Waals surface area contributed by atoms with E-state index in [-0.39, 0.29) is 5.60 Å². The number of nitrogens with zero attached hydrogens (tertiary/aromatic N) is 1. The molecule has 3 aromatic carbocycles. The van der Waals surface area contributed by atoms with Crippen molar-refractivity contribution in [3.8, 4) is 0 Å². The molecule has 0 atom stereocenters. The standard InChI is InChI=1S/C30H31NO/c1-4-11-26-23(8-1)15-16-24-9-2-5-12-27(24)28(26)13-7-19-31-20-17-30(18-21-31)29-14-6-3-10-25(29)22-32-30/h1-6,8-14H,7,15-22H2. The van der Waals surface area contributed by atoms with E-state index in [1.54, 1.807) is 0 Å². The van der Waals surface area contributed by atoms with Crippen molar-refractivity contribution in [2.45, 2.75) is 44.3 Å². The fourth-order valence-electron chi connectivity index (χ4n) is 5.96. The van der Waals surface area contributed by atoms with Crippen molar-refractivity contribution >= 4 is 5.57 Å². The summed E-state index contributed by atoms with van der Waals surface area (Å²) in [5.41, 5.74) is 10.0. The third-order valence-corrected chi connectivity index (χ3v) is 7.75. The lowest BCUT2D eigenvalue weighted by Gasteiger charge is -2.39. The van der Waals surface area contributed by atoms with E-state index in [0.717, 1.165) is 58.3 Å². The smallest absolute Gasteiger partial charge is 0.0963 e. The molecule has 162 valence electrons. The molecule has 2 nitrogen and oxygen atoms in total. The first-order valence-electron chi connectivity index (χ1n) is 12.1. The Balaban J connectivity index is 1.17. The van der Waals surface area contributed by atoms with Gasteiger partial charge in [0.1, 0.15) is 0 Å². The first kappa shape index (κ1) is 20.0. The molecule has 0 N–H and O–H groups in total. The van der Waals surface area contributed by atoms with Crippen molar-refractivity contribution in [3.05, 3.63) is 112 Å². The fraction of sp³-hybridized carbons (Fsp3) is 0.333. The molecular formula is C30H31NO. The zero-order valence-electron chi connectivity index (χ0n) is 18.7. The van der Waals surface area contributed by atoms with E-state index in [1.165, 1.54) is 39.0 Å². The average Bonchev–Trinajstić information content (AvgIpc) is 3.12. The summed E-state index contributed by atoms with van der Waals surface area (Å²) in [5.74, 6) is 0. The highest BCUT2D eigenvalue weighted by atomic mass is 16.5. The van der Waals surface area contributed by atoms with E-state index in [4.69, 9.17) is 4.74 Å².